The van der Waals surface area contributed by atoms with E-state index in [1.807, 2.05) is 21.2 Å². The summed E-state index contributed by atoms with van der Waals surface area (Å²) in [5.74, 6) is 0. The van der Waals surface area contributed by atoms with Gasteiger partial charge in [0.2, 0.25) is 0 Å². The Morgan fingerprint density at radius 1 is 1.40 bits per heavy atom. The lowest BCUT2D eigenvalue weighted by molar-refractivity contribution is -0.141. The van der Waals surface area contributed by atoms with Crippen LogP contribution < -0.4 is 0 Å². The van der Waals surface area contributed by atoms with Crippen molar-refractivity contribution in [2.45, 2.75) is 12.6 Å². The molecule has 1 heterocycles. The molecule has 15 heavy (non-hydrogen) atoms. The maximum atomic E-state index is 12.1. The van der Waals surface area contributed by atoms with Gasteiger partial charge in [-0.25, -0.2) is 0 Å². The molecule has 0 aromatic carbocycles. The first-order valence-corrected chi connectivity index (χ1v) is 7.25. The summed E-state index contributed by atoms with van der Waals surface area (Å²) < 4.78 is 41.4. The van der Waals surface area contributed by atoms with E-state index in [0.717, 1.165) is 11.6 Å². The van der Waals surface area contributed by atoms with Crippen LogP contribution in [0.2, 0.25) is 0 Å². The third-order valence-corrected chi connectivity index (χ3v) is 2.65. The molecule has 0 unspecified atom stereocenters. The van der Waals surface area contributed by atoms with Gasteiger partial charge in [0.05, 0.1) is 15.8 Å². The van der Waals surface area contributed by atoms with E-state index in [1.54, 1.807) is 0 Å². The SMILES string of the molecule is FC(F)(F)c1ccc(CCOSI)cn1. The Hall–Kier alpha value is -0.0200. The minimum absolute atomic E-state index is 0.459. The van der Waals surface area contributed by atoms with Crippen molar-refractivity contribution in [2.75, 3.05) is 6.61 Å². The van der Waals surface area contributed by atoms with Crippen LogP contribution in [0.15, 0.2) is 18.3 Å². The van der Waals surface area contributed by atoms with Crippen LogP contribution in [0, 0.1) is 0 Å². The Balaban J connectivity index is 2.57. The molecular weight excluding hydrogens is 342 g/mol. The lowest BCUT2D eigenvalue weighted by atomic mass is 10.2. The van der Waals surface area contributed by atoms with Gasteiger partial charge in [-0.05, 0) is 18.1 Å². The Labute approximate surface area is 101 Å². The minimum Gasteiger partial charge on any atom is -0.305 e. The number of pyridine rings is 1. The quantitative estimate of drug-likeness (QED) is 0.471. The van der Waals surface area contributed by atoms with Gasteiger partial charge in [0, 0.05) is 27.4 Å². The number of hydrogen-bond acceptors (Lipinski definition) is 3. The standard InChI is InChI=1S/C8H7F3INOS/c9-8(10,11)7-2-1-6(5-13-7)3-4-14-15-12/h1-2,5H,3-4H2. The molecule has 0 saturated heterocycles. The first kappa shape index (κ1) is 13.0. The molecular formula is C8H7F3INOS. The van der Waals surface area contributed by atoms with Gasteiger partial charge < -0.3 is 4.18 Å². The van der Waals surface area contributed by atoms with E-state index in [9.17, 15) is 13.2 Å². The van der Waals surface area contributed by atoms with Crippen molar-refractivity contribution in [3.63, 3.8) is 0 Å². The number of nitrogens with zero attached hydrogens (tertiary/aromatic N) is 1. The van der Waals surface area contributed by atoms with Gasteiger partial charge in [0.25, 0.3) is 0 Å². The molecule has 2 nitrogen and oxygen atoms in total. The normalized spacial score (nSPS) is 11.7. The van der Waals surface area contributed by atoms with Crippen molar-refractivity contribution in [1.82, 2.24) is 4.98 Å². The number of alkyl halides is 3. The maximum absolute atomic E-state index is 12.1. The van der Waals surface area contributed by atoms with Crippen molar-refractivity contribution in [3.8, 4) is 0 Å². The second-order valence-electron chi connectivity index (χ2n) is 2.68. The smallest absolute Gasteiger partial charge is 0.305 e. The molecule has 1 aromatic rings. The lowest BCUT2D eigenvalue weighted by Crippen LogP contribution is -2.08. The first-order valence-electron chi connectivity index (χ1n) is 3.96. The summed E-state index contributed by atoms with van der Waals surface area (Å²) in [6, 6.07) is 2.39. The van der Waals surface area contributed by atoms with Crippen LogP contribution in [0.5, 0.6) is 0 Å². The second kappa shape index (κ2) is 5.90. The maximum Gasteiger partial charge on any atom is 0.433 e. The van der Waals surface area contributed by atoms with E-state index < -0.39 is 11.9 Å². The number of halogens is 4. The lowest BCUT2D eigenvalue weighted by Gasteiger charge is -2.06. The summed E-state index contributed by atoms with van der Waals surface area (Å²) in [4.78, 5) is 3.34. The summed E-state index contributed by atoms with van der Waals surface area (Å²) >= 11 is 1.98. The second-order valence-corrected chi connectivity index (χ2v) is 4.12. The van der Waals surface area contributed by atoms with E-state index in [0.29, 0.717) is 13.0 Å². The highest BCUT2D eigenvalue weighted by Crippen LogP contribution is 2.27. The summed E-state index contributed by atoms with van der Waals surface area (Å²) in [6.45, 7) is 0.459. The first-order chi connectivity index (χ1) is 7.04. The summed E-state index contributed by atoms with van der Waals surface area (Å²) in [5.41, 5.74) is -0.135. The highest BCUT2D eigenvalue weighted by atomic mass is 127. The fourth-order valence-electron chi connectivity index (χ4n) is 0.931. The van der Waals surface area contributed by atoms with Crippen LogP contribution in [0.1, 0.15) is 11.3 Å². The zero-order valence-electron chi connectivity index (χ0n) is 7.42. The van der Waals surface area contributed by atoms with Crippen molar-refractivity contribution >= 4 is 30.4 Å². The number of aromatic nitrogens is 1. The third kappa shape index (κ3) is 4.56. The fraction of sp³-hybridized carbons (Fsp3) is 0.375. The molecule has 0 bridgehead atoms. The monoisotopic (exact) mass is 349 g/mol. The molecule has 0 aliphatic carbocycles. The van der Waals surface area contributed by atoms with Crippen LogP contribution in [0.4, 0.5) is 13.2 Å². The van der Waals surface area contributed by atoms with Crippen LogP contribution in [-0.2, 0) is 16.8 Å². The van der Waals surface area contributed by atoms with E-state index in [1.165, 1.54) is 21.5 Å². The summed E-state index contributed by atoms with van der Waals surface area (Å²) in [6.07, 6.45) is -2.59. The van der Waals surface area contributed by atoms with Gasteiger partial charge in [0.1, 0.15) is 5.69 Å². The van der Waals surface area contributed by atoms with E-state index >= 15 is 0 Å². The molecule has 0 aliphatic heterocycles. The molecule has 0 radical (unpaired) electrons. The van der Waals surface area contributed by atoms with Gasteiger partial charge in [0.15, 0.2) is 0 Å². The topological polar surface area (TPSA) is 22.1 Å². The zero-order chi connectivity index (χ0) is 11.3. The van der Waals surface area contributed by atoms with Gasteiger partial charge >= 0.3 is 6.18 Å². The van der Waals surface area contributed by atoms with E-state index in [2.05, 4.69) is 4.98 Å². The highest BCUT2D eigenvalue weighted by Gasteiger charge is 2.31. The zero-order valence-corrected chi connectivity index (χ0v) is 10.4. The summed E-state index contributed by atoms with van der Waals surface area (Å²) in [7, 11) is 1.20. The Morgan fingerprint density at radius 2 is 2.13 bits per heavy atom. The molecule has 84 valence electrons. The average Bonchev–Trinajstić information content (AvgIpc) is 2.18. The van der Waals surface area contributed by atoms with Crippen LogP contribution in [0.25, 0.3) is 0 Å². The van der Waals surface area contributed by atoms with E-state index in [-0.39, 0.29) is 0 Å². The Kier molecular flexibility index (Phi) is 5.13. The highest BCUT2D eigenvalue weighted by molar-refractivity contribution is 14.2. The van der Waals surface area contributed by atoms with Crippen LogP contribution >= 0.6 is 30.4 Å². The third-order valence-electron chi connectivity index (χ3n) is 1.63. The molecule has 0 spiro atoms. The van der Waals surface area contributed by atoms with Gasteiger partial charge in [-0.3, -0.25) is 4.98 Å². The molecule has 0 N–H and O–H groups in total. The molecule has 0 aliphatic rings. The molecule has 0 atom stereocenters. The molecule has 1 aromatic heterocycles. The van der Waals surface area contributed by atoms with Gasteiger partial charge in [-0.2, -0.15) is 13.2 Å². The Bertz CT molecular complexity index is 304. The predicted molar refractivity (Wildman–Crippen MR) is 60.5 cm³/mol. The molecule has 0 saturated carbocycles. The molecule has 0 amide bonds. The summed E-state index contributed by atoms with van der Waals surface area (Å²) in [5, 5.41) is 0. The fourth-order valence-corrected chi connectivity index (χ4v) is 1.62. The largest absolute Gasteiger partial charge is 0.433 e. The predicted octanol–water partition coefficient (Wildman–Crippen LogP) is 3.66. The van der Waals surface area contributed by atoms with Crippen molar-refractivity contribution in [2.24, 2.45) is 0 Å². The van der Waals surface area contributed by atoms with Gasteiger partial charge in [-0.1, -0.05) is 6.07 Å². The Morgan fingerprint density at radius 3 is 2.60 bits per heavy atom. The van der Waals surface area contributed by atoms with E-state index in [4.69, 9.17) is 4.18 Å². The van der Waals surface area contributed by atoms with Crippen LogP contribution in [-0.4, -0.2) is 11.6 Å². The number of hydrogen-bond donors (Lipinski definition) is 0. The van der Waals surface area contributed by atoms with Crippen LogP contribution in [0.3, 0.4) is 0 Å². The molecule has 0 fully saturated rings. The minimum atomic E-state index is -4.37. The van der Waals surface area contributed by atoms with Crippen molar-refractivity contribution in [1.29, 1.82) is 0 Å². The van der Waals surface area contributed by atoms with Crippen molar-refractivity contribution in [3.05, 3.63) is 29.6 Å². The number of rotatable bonds is 4. The van der Waals surface area contributed by atoms with Gasteiger partial charge in [-0.15, -0.1) is 0 Å². The van der Waals surface area contributed by atoms with Crippen molar-refractivity contribution < 1.29 is 17.4 Å². The molecule has 1 rings (SSSR count). The molecule has 7 heteroatoms. The average molecular weight is 349 g/mol.